The predicted octanol–water partition coefficient (Wildman–Crippen LogP) is 0.998. The summed E-state index contributed by atoms with van der Waals surface area (Å²) in [6.45, 7) is 3.51. The van der Waals surface area contributed by atoms with Crippen molar-refractivity contribution >= 4 is 24.4 Å². The predicted molar refractivity (Wildman–Crippen MR) is 67.1 cm³/mol. The number of carbonyl (C=O) groups is 4. The van der Waals surface area contributed by atoms with Gasteiger partial charge in [0.05, 0.1) is 0 Å². The topological polar surface area (TPSA) is 105 Å². The van der Waals surface area contributed by atoms with Crippen molar-refractivity contribution in [2.45, 2.75) is 20.8 Å². The highest BCUT2D eigenvalue weighted by molar-refractivity contribution is 5.76. The molecular weight excluding hydrogens is 284 g/mol. The minimum atomic E-state index is -0.681. The van der Waals surface area contributed by atoms with E-state index in [1.807, 2.05) is 0 Å². The van der Waals surface area contributed by atoms with E-state index in [0.717, 1.165) is 32.9 Å². The van der Waals surface area contributed by atoms with Crippen LogP contribution in [0.3, 0.4) is 0 Å². The first-order valence-corrected chi connectivity index (χ1v) is 5.67. The van der Waals surface area contributed by atoms with E-state index in [0.29, 0.717) is 0 Å². The number of benzene rings is 1. The molecule has 0 radical (unpaired) electrons. The van der Waals surface area contributed by atoms with E-state index in [1.165, 1.54) is 0 Å². The van der Waals surface area contributed by atoms with Crippen molar-refractivity contribution in [3.63, 3.8) is 0 Å². The minimum absolute atomic E-state index is 0.103. The van der Waals surface area contributed by atoms with Gasteiger partial charge in [0.1, 0.15) is 0 Å². The third-order valence-electron chi connectivity index (χ3n) is 1.95. The molecule has 8 nitrogen and oxygen atoms in total. The van der Waals surface area contributed by atoms with E-state index in [4.69, 9.17) is 14.2 Å². The third-order valence-corrected chi connectivity index (χ3v) is 1.95. The lowest BCUT2D eigenvalue weighted by Crippen LogP contribution is -2.09. The van der Waals surface area contributed by atoms with Gasteiger partial charge in [0, 0.05) is 32.9 Å². The van der Waals surface area contributed by atoms with Gasteiger partial charge in [-0.2, -0.15) is 0 Å². The van der Waals surface area contributed by atoms with Gasteiger partial charge in [-0.3, -0.25) is 19.2 Å². The molecule has 112 valence electrons. The van der Waals surface area contributed by atoms with Crippen molar-refractivity contribution in [2.24, 2.45) is 0 Å². The third kappa shape index (κ3) is 4.94. The van der Waals surface area contributed by atoms with Gasteiger partial charge < -0.3 is 18.9 Å². The number of esters is 3. The van der Waals surface area contributed by atoms with Gasteiger partial charge in [-0.25, -0.2) is 0 Å². The lowest BCUT2D eigenvalue weighted by atomic mass is 10.2. The monoisotopic (exact) mass is 296 g/mol. The first kappa shape index (κ1) is 16.2. The van der Waals surface area contributed by atoms with Gasteiger partial charge in [-0.15, -0.1) is 0 Å². The fourth-order valence-electron chi connectivity index (χ4n) is 1.37. The van der Waals surface area contributed by atoms with Crippen LogP contribution in [0, 0.1) is 0 Å². The Bertz CT molecular complexity index is 590. The molecular formula is C13H12O8. The van der Waals surface area contributed by atoms with Crippen LogP contribution in [0.25, 0.3) is 0 Å². The second kappa shape index (κ2) is 7.04. The van der Waals surface area contributed by atoms with Gasteiger partial charge in [-0.1, -0.05) is 0 Å². The van der Waals surface area contributed by atoms with E-state index in [9.17, 15) is 19.2 Å². The maximum absolute atomic E-state index is 11.0. The van der Waals surface area contributed by atoms with E-state index < -0.39 is 17.9 Å². The summed E-state index contributed by atoms with van der Waals surface area (Å²) >= 11 is 0. The van der Waals surface area contributed by atoms with Gasteiger partial charge in [-0.05, 0) is 0 Å². The zero-order chi connectivity index (χ0) is 16.0. The Balaban J connectivity index is 3.35. The molecule has 1 aromatic carbocycles. The minimum Gasteiger partial charge on any atom is -0.425 e. The Kier molecular flexibility index (Phi) is 5.41. The molecule has 0 N–H and O–H groups in total. The summed E-state index contributed by atoms with van der Waals surface area (Å²) in [5, 5.41) is 0. The zero-order valence-corrected chi connectivity index (χ0v) is 11.5. The molecule has 0 aliphatic rings. The molecule has 0 fully saturated rings. The highest BCUT2D eigenvalue weighted by Gasteiger charge is 2.18. The molecule has 0 heterocycles. The molecule has 0 aliphatic carbocycles. The molecule has 0 atom stereocenters. The normalized spacial score (nSPS) is 9.48. The van der Waals surface area contributed by atoms with Crippen molar-refractivity contribution in [1.29, 1.82) is 0 Å². The summed E-state index contributed by atoms with van der Waals surface area (Å²) in [5.74, 6) is -2.70. The van der Waals surface area contributed by atoms with E-state index in [1.54, 1.807) is 0 Å². The molecule has 0 saturated carbocycles. The van der Waals surface area contributed by atoms with Crippen molar-refractivity contribution in [3.8, 4) is 23.0 Å². The smallest absolute Gasteiger partial charge is 0.308 e. The number of carbonyl (C=O) groups excluding carboxylic acids is 4. The molecule has 1 rings (SSSR count). The van der Waals surface area contributed by atoms with Crippen molar-refractivity contribution in [3.05, 3.63) is 12.1 Å². The molecule has 0 amide bonds. The molecule has 0 bridgehead atoms. The van der Waals surface area contributed by atoms with Crippen molar-refractivity contribution < 1.29 is 38.1 Å². The van der Waals surface area contributed by atoms with Crippen molar-refractivity contribution in [1.82, 2.24) is 0 Å². The first-order chi connectivity index (χ1) is 9.83. The standard InChI is InChI=1S/C13H12O8/c1-7(15)19-11-5-13(21-9(3)17)12(20-8(2)16)4-10(11)18-6-14/h4-6H,1-3H3. The number of ether oxygens (including phenoxy) is 4. The molecule has 0 aliphatic heterocycles. The second-order valence-corrected chi connectivity index (χ2v) is 3.74. The number of hydrogen-bond acceptors (Lipinski definition) is 8. The van der Waals surface area contributed by atoms with Crippen LogP contribution in [0.4, 0.5) is 0 Å². The van der Waals surface area contributed by atoms with Crippen LogP contribution in [0.1, 0.15) is 20.8 Å². The highest BCUT2D eigenvalue weighted by atomic mass is 16.6. The molecule has 8 heteroatoms. The lowest BCUT2D eigenvalue weighted by molar-refractivity contribution is -0.134. The summed E-state index contributed by atoms with van der Waals surface area (Å²) < 4.78 is 19.1. The molecule has 0 aromatic heterocycles. The van der Waals surface area contributed by atoms with Gasteiger partial charge in [0.15, 0.2) is 23.0 Å². The summed E-state index contributed by atoms with van der Waals surface area (Å²) in [7, 11) is 0. The molecule has 0 spiro atoms. The average Bonchev–Trinajstić information content (AvgIpc) is 2.32. The Morgan fingerprint density at radius 3 is 1.43 bits per heavy atom. The summed E-state index contributed by atoms with van der Waals surface area (Å²) in [6.07, 6.45) is 0. The zero-order valence-electron chi connectivity index (χ0n) is 11.5. The number of rotatable bonds is 5. The molecule has 1 aromatic rings. The van der Waals surface area contributed by atoms with Gasteiger partial charge in [0.2, 0.25) is 0 Å². The van der Waals surface area contributed by atoms with Crippen LogP contribution in [-0.2, 0) is 19.2 Å². The Hall–Kier alpha value is -2.90. The van der Waals surface area contributed by atoms with Crippen LogP contribution in [0.2, 0.25) is 0 Å². The maximum atomic E-state index is 11.0. The van der Waals surface area contributed by atoms with E-state index in [2.05, 4.69) is 4.74 Å². The van der Waals surface area contributed by atoms with Gasteiger partial charge >= 0.3 is 17.9 Å². The molecule has 0 unspecified atom stereocenters. The summed E-state index contributed by atoms with van der Waals surface area (Å²) in [5.41, 5.74) is 0. The molecule has 0 saturated heterocycles. The quantitative estimate of drug-likeness (QED) is 0.450. The highest BCUT2D eigenvalue weighted by Crippen LogP contribution is 2.40. The summed E-state index contributed by atoms with van der Waals surface area (Å²) in [6, 6.07) is 2.19. The van der Waals surface area contributed by atoms with Crippen molar-refractivity contribution in [2.75, 3.05) is 0 Å². The lowest BCUT2D eigenvalue weighted by Gasteiger charge is -2.13. The fraction of sp³-hybridized carbons (Fsp3) is 0.231. The van der Waals surface area contributed by atoms with Gasteiger partial charge in [0.25, 0.3) is 6.47 Å². The summed E-state index contributed by atoms with van der Waals surface area (Å²) in [4.78, 5) is 43.5. The Morgan fingerprint density at radius 2 is 1.10 bits per heavy atom. The van der Waals surface area contributed by atoms with Crippen LogP contribution in [0.15, 0.2) is 12.1 Å². The SMILES string of the molecule is CC(=O)Oc1cc(OC(C)=O)c(OC(C)=O)cc1OC=O. The molecule has 21 heavy (non-hydrogen) atoms. The fourth-order valence-corrected chi connectivity index (χ4v) is 1.37. The second-order valence-electron chi connectivity index (χ2n) is 3.74. The van der Waals surface area contributed by atoms with Crippen LogP contribution < -0.4 is 18.9 Å². The maximum Gasteiger partial charge on any atom is 0.308 e. The average molecular weight is 296 g/mol. The number of hydrogen-bond donors (Lipinski definition) is 0. The largest absolute Gasteiger partial charge is 0.425 e. The van der Waals surface area contributed by atoms with Crippen LogP contribution in [-0.4, -0.2) is 24.4 Å². The first-order valence-electron chi connectivity index (χ1n) is 5.67. The van der Waals surface area contributed by atoms with Crippen LogP contribution in [0.5, 0.6) is 23.0 Å². The van der Waals surface area contributed by atoms with Crippen LogP contribution >= 0.6 is 0 Å². The Labute approximate surface area is 119 Å². The van der Waals surface area contributed by atoms with E-state index >= 15 is 0 Å². The van der Waals surface area contributed by atoms with E-state index in [-0.39, 0.29) is 29.5 Å². The Morgan fingerprint density at radius 1 is 0.762 bits per heavy atom.